The van der Waals surface area contributed by atoms with Crippen molar-refractivity contribution in [2.24, 2.45) is 0 Å². The normalized spacial score (nSPS) is 20.7. The van der Waals surface area contributed by atoms with Crippen LogP contribution in [-0.4, -0.2) is 54.2 Å². The molecule has 3 atom stereocenters. The standard InChI is InChI=1S/C23H28N2O4/c1-4-22(28)25-20(13-24-15(2)27)23(21(25)14-26)17-10-8-16(9-11-17)18-6-5-7-19(12-18)29-3/h5-12,20-21,23,26H,4,13-14H2,1-3H3,(H,24,27)/t20-,21-,23-/m1/s1. The maximum Gasteiger partial charge on any atom is 0.222 e. The molecule has 2 amide bonds. The van der Waals surface area contributed by atoms with E-state index in [1.807, 2.05) is 55.5 Å². The summed E-state index contributed by atoms with van der Waals surface area (Å²) in [5, 5.41) is 12.7. The molecule has 154 valence electrons. The van der Waals surface area contributed by atoms with Gasteiger partial charge in [0.05, 0.1) is 25.8 Å². The summed E-state index contributed by atoms with van der Waals surface area (Å²) >= 11 is 0. The predicted octanol–water partition coefficient (Wildman–Crippen LogP) is 2.56. The van der Waals surface area contributed by atoms with E-state index in [1.54, 1.807) is 12.0 Å². The summed E-state index contributed by atoms with van der Waals surface area (Å²) in [5.41, 5.74) is 3.17. The number of rotatable bonds is 7. The van der Waals surface area contributed by atoms with Crippen molar-refractivity contribution in [3.05, 3.63) is 54.1 Å². The number of ether oxygens (including phenoxy) is 1. The molecule has 2 N–H and O–H groups in total. The third kappa shape index (κ3) is 4.27. The highest BCUT2D eigenvalue weighted by Crippen LogP contribution is 2.41. The number of carbonyl (C=O) groups is 2. The lowest BCUT2D eigenvalue weighted by atomic mass is 9.74. The number of carbonyl (C=O) groups excluding carboxylic acids is 2. The second-order valence-corrected chi connectivity index (χ2v) is 7.29. The zero-order valence-electron chi connectivity index (χ0n) is 17.1. The van der Waals surface area contributed by atoms with Crippen LogP contribution < -0.4 is 10.1 Å². The van der Waals surface area contributed by atoms with E-state index in [0.29, 0.717) is 13.0 Å². The van der Waals surface area contributed by atoms with E-state index in [2.05, 4.69) is 5.32 Å². The molecule has 1 aliphatic rings. The third-order valence-corrected chi connectivity index (χ3v) is 5.58. The Morgan fingerprint density at radius 2 is 1.83 bits per heavy atom. The summed E-state index contributed by atoms with van der Waals surface area (Å²) in [5.74, 6) is 0.633. The van der Waals surface area contributed by atoms with Gasteiger partial charge in [-0.25, -0.2) is 0 Å². The molecule has 0 radical (unpaired) electrons. The molecule has 1 fully saturated rings. The summed E-state index contributed by atoms with van der Waals surface area (Å²) < 4.78 is 5.30. The smallest absolute Gasteiger partial charge is 0.222 e. The van der Waals surface area contributed by atoms with Gasteiger partial charge in [-0.05, 0) is 28.8 Å². The van der Waals surface area contributed by atoms with Crippen LogP contribution in [0.3, 0.4) is 0 Å². The third-order valence-electron chi connectivity index (χ3n) is 5.58. The topological polar surface area (TPSA) is 78.9 Å². The van der Waals surface area contributed by atoms with Crippen molar-refractivity contribution < 1.29 is 19.4 Å². The van der Waals surface area contributed by atoms with E-state index in [0.717, 1.165) is 22.4 Å². The van der Waals surface area contributed by atoms with Crippen molar-refractivity contribution in [2.75, 3.05) is 20.3 Å². The highest BCUT2D eigenvalue weighted by Gasteiger charge is 2.50. The molecule has 1 heterocycles. The highest BCUT2D eigenvalue weighted by molar-refractivity contribution is 5.79. The fourth-order valence-electron chi connectivity index (χ4n) is 4.12. The van der Waals surface area contributed by atoms with Gasteiger partial charge in [-0.15, -0.1) is 0 Å². The zero-order valence-corrected chi connectivity index (χ0v) is 17.1. The first-order chi connectivity index (χ1) is 14.0. The molecule has 2 aromatic carbocycles. The number of amides is 2. The fraction of sp³-hybridized carbons (Fsp3) is 0.391. The minimum Gasteiger partial charge on any atom is -0.497 e. The quantitative estimate of drug-likeness (QED) is 0.754. The summed E-state index contributed by atoms with van der Waals surface area (Å²) in [4.78, 5) is 25.5. The molecule has 1 aliphatic heterocycles. The Morgan fingerprint density at radius 1 is 1.10 bits per heavy atom. The first-order valence-corrected chi connectivity index (χ1v) is 9.91. The van der Waals surface area contributed by atoms with Crippen molar-refractivity contribution in [1.29, 1.82) is 0 Å². The molecule has 6 heteroatoms. The van der Waals surface area contributed by atoms with Gasteiger partial charge in [0.1, 0.15) is 5.75 Å². The van der Waals surface area contributed by atoms with Crippen LogP contribution in [0.1, 0.15) is 31.7 Å². The fourth-order valence-corrected chi connectivity index (χ4v) is 4.12. The maximum absolute atomic E-state index is 12.4. The minimum atomic E-state index is -0.274. The van der Waals surface area contributed by atoms with Gasteiger partial charge in [0.15, 0.2) is 0 Å². The largest absolute Gasteiger partial charge is 0.497 e. The number of benzene rings is 2. The Bertz CT molecular complexity index is 865. The van der Waals surface area contributed by atoms with Gasteiger partial charge in [0, 0.05) is 25.8 Å². The van der Waals surface area contributed by atoms with Crippen LogP contribution in [-0.2, 0) is 9.59 Å². The van der Waals surface area contributed by atoms with Crippen LogP contribution >= 0.6 is 0 Å². The average Bonchev–Trinajstić information content (AvgIpc) is 2.73. The van der Waals surface area contributed by atoms with Crippen molar-refractivity contribution in [1.82, 2.24) is 10.2 Å². The second kappa shape index (κ2) is 9.09. The van der Waals surface area contributed by atoms with Gasteiger partial charge in [-0.2, -0.15) is 0 Å². The molecule has 29 heavy (non-hydrogen) atoms. The van der Waals surface area contributed by atoms with Crippen LogP contribution in [0.4, 0.5) is 0 Å². The van der Waals surface area contributed by atoms with Crippen LogP contribution in [0.25, 0.3) is 11.1 Å². The van der Waals surface area contributed by atoms with Gasteiger partial charge in [-0.3, -0.25) is 9.59 Å². The molecule has 0 saturated carbocycles. The van der Waals surface area contributed by atoms with Gasteiger partial charge < -0.3 is 20.1 Å². The number of hydrogen-bond donors (Lipinski definition) is 2. The number of likely N-dealkylation sites (tertiary alicyclic amines) is 1. The van der Waals surface area contributed by atoms with Gasteiger partial charge in [-0.1, -0.05) is 43.3 Å². The Kier molecular flexibility index (Phi) is 6.54. The molecule has 0 spiro atoms. The monoisotopic (exact) mass is 396 g/mol. The number of nitrogens with one attached hydrogen (secondary N) is 1. The lowest BCUT2D eigenvalue weighted by molar-refractivity contribution is -0.150. The number of nitrogens with zero attached hydrogens (tertiary/aromatic N) is 1. The maximum atomic E-state index is 12.4. The number of aliphatic hydroxyl groups is 1. The number of hydrogen-bond acceptors (Lipinski definition) is 4. The molecule has 0 unspecified atom stereocenters. The minimum absolute atomic E-state index is 0.0105. The molecular weight excluding hydrogens is 368 g/mol. The zero-order chi connectivity index (χ0) is 21.0. The van der Waals surface area contributed by atoms with Crippen LogP contribution in [0, 0.1) is 0 Å². The van der Waals surface area contributed by atoms with E-state index in [9.17, 15) is 14.7 Å². The summed E-state index contributed by atoms with van der Waals surface area (Å²) in [6.45, 7) is 3.54. The molecule has 1 saturated heterocycles. The predicted molar refractivity (Wildman–Crippen MR) is 112 cm³/mol. The van der Waals surface area contributed by atoms with Crippen molar-refractivity contribution in [2.45, 2.75) is 38.3 Å². The Labute approximate surface area is 171 Å². The first-order valence-electron chi connectivity index (χ1n) is 9.91. The Hall–Kier alpha value is -2.86. The van der Waals surface area contributed by atoms with Crippen LogP contribution in [0.2, 0.25) is 0 Å². The van der Waals surface area contributed by atoms with Gasteiger partial charge >= 0.3 is 0 Å². The van der Waals surface area contributed by atoms with Gasteiger partial charge in [0.25, 0.3) is 0 Å². The molecular formula is C23H28N2O4. The highest BCUT2D eigenvalue weighted by atomic mass is 16.5. The average molecular weight is 396 g/mol. The van der Waals surface area contributed by atoms with E-state index in [1.165, 1.54) is 6.92 Å². The van der Waals surface area contributed by atoms with Crippen molar-refractivity contribution >= 4 is 11.8 Å². The van der Waals surface area contributed by atoms with E-state index < -0.39 is 0 Å². The lowest BCUT2D eigenvalue weighted by Gasteiger charge is -2.55. The molecule has 0 aliphatic carbocycles. The Balaban J connectivity index is 1.86. The van der Waals surface area contributed by atoms with Gasteiger partial charge in [0.2, 0.25) is 11.8 Å². The summed E-state index contributed by atoms with van der Waals surface area (Å²) in [7, 11) is 1.65. The lowest BCUT2D eigenvalue weighted by Crippen LogP contribution is -2.68. The SMILES string of the molecule is CCC(=O)N1[C@H](CO)[C@H](c2ccc(-c3cccc(OC)c3)cc2)[C@H]1CNC(C)=O. The summed E-state index contributed by atoms with van der Waals surface area (Å²) in [6.07, 6.45) is 0.370. The molecule has 6 nitrogen and oxygen atoms in total. The van der Waals surface area contributed by atoms with Crippen LogP contribution in [0.15, 0.2) is 48.5 Å². The first kappa shape index (κ1) is 20.9. The molecule has 0 aromatic heterocycles. The van der Waals surface area contributed by atoms with Crippen LogP contribution in [0.5, 0.6) is 5.75 Å². The van der Waals surface area contributed by atoms with E-state index in [-0.39, 0.29) is 36.4 Å². The molecule has 2 aromatic rings. The number of methoxy groups -OCH3 is 1. The number of aliphatic hydroxyl groups excluding tert-OH is 1. The van der Waals surface area contributed by atoms with E-state index in [4.69, 9.17) is 4.74 Å². The molecule has 0 bridgehead atoms. The van der Waals surface area contributed by atoms with Crippen molar-refractivity contribution in [3.63, 3.8) is 0 Å². The molecule has 3 rings (SSSR count). The summed E-state index contributed by atoms with van der Waals surface area (Å²) in [6, 6.07) is 15.6. The van der Waals surface area contributed by atoms with Crippen molar-refractivity contribution in [3.8, 4) is 16.9 Å². The Morgan fingerprint density at radius 3 is 2.41 bits per heavy atom. The van der Waals surface area contributed by atoms with E-state index >= 15 is 0 Å². The second-order valence-electron chi connectivity index (χ2n) is 7.29.